The molecule has 3 atom stereocenters. The first kappa shape index (κ1) is 16.3. The van der Waals surface area contributed by atoms with Crippen molar-refractivity contribution in [1.29, 1.82) is 0 Å². The van der Waals surface area contributed by atoms with E-state index in [4.69, 9.17) is 4.74 Å². The second kappa shape index (κ2) is 5.82. The molecule has 0 unspecified atom stereocenters. The van der Waals surface area contributed by atoms with Crippen LogP contribution in [-0.2, 0) is 11.8 Å². The van der Waals surface area contributed by atoms with Gasteiger partial charge in [0.2, 0.25) is 0 Å². The molecule has 0 saturated heterocycles. The van der Waals surface area contributed by atoms with Gasteiger partial charge in [-0.3, -0.25) is 0 Å². The van der Waals surface area contributed by atoms with Crippen molar-refractivity contribution >= 4 is 22.6 Å². The molecule has 0 fully saturated rings. The summed E-state index contributed by atoms with van der Waals surface area (Å²) in [5, 5.41) is 9.44. The van der Waals surface area contributed by atoms with Gasteiger partial charge in [-0.2, -0.15) is 0 Å². The highest BCUT2D eigenvalue weighted by Gasteiger charge is 2.58. The number of benzene rings is 1. The van der Waals surface area contributed by atoms with Crippen LogP contribution >= 0.6 is 22.6 Å². The molecule has 1 aromatic carbocycles. The largest absolute Gasteiger partial charge is 0.497 e. The number of hydrogen-bond acceptors (Lipinski definition) is 2. The van der Waals surface area contributed by atoms with E-state index in [1.165, 1.54) is 21.1 Å². The zero-order valence-corrected chi connectivity index (χ0v) is 15.8. The highest BCUT2D eigenvalue weighted by Crippen LogP contribution is 2.65. The van der Waals surface area contributed by atoms with Gasteiger partial charge in [-0.05, 0) is 86.4 Å². The maximum atomic E-state index is 9.44. The number of aliphatic hydroxyl groups excluding tert-OH is 1. The van der Waals surface area contributed by atoms with Crippen molar-refractivity contribution in [3.05, 3.63) is 39.0 Å². The van der Waals surface area contributed by atoms with E-state index >= 15 is 0 Å². The Hall–Kier alpha value is -0.550. The van der Waals surface area contributed by atoms with Crippen LogP contribution in [0.1, 0.15) is 44.2 Å². The molecule has 1 N–H and O–H groups in total. The van der Waals surface area contributed by atoms with Gasteiger partial charge in [0.05, 0.1) is 7.11 Å². The number of allylic oxidation sites excluding steroid dienone is 2. The van der Waals surface area contributed by atoms with Crippen LogP contribution < -0.4 is 4.74 Å². The maximum Gasteiger partial charge on any atom is 0.119 e. The molecule has 0 aromatic heterocycles. The van der Waals surface area contributed by atoms with Crippen LogP contribution in [0.15, 0.2) is 27.9 Å². The lowest BCUT2D eigenvalue weighted by Crippen LogP contribution is -2.47. The van der Waals surface area contributed by atoms with Gasteiger partial charge in [0, 0.05) is 12.0 Å². The van der Waals surface area contributed by atoms with Crippen LogP contribution in [0, 0.1) is 11.3 Å². The molecule has 0 aliphatic heterocycles. The summed E-state index contributed by atoms with van der Waals surface area (Å²) in [6.07, 6.45) is 6.65. The summed E-state index contributed by atoms with van der Waals surface area (Å²) in [6.45, 7) is 5.07. The molecule has 0 spiro atoms. The molecule has 0 radical (unpaired) electrons. The Labute approximate surface area is 147 Å². The number of methoxy groups -OCH3 is 1. The second-order valence-electron chi connectivity index (χ2n) is 6.98. The van der Waals surface area contributed by atoms with Crippen molar-refractivity contribution in [3.63, 3.8) is 0 Å². The molecule has 0 saturated carbocycles. The van der Waals surface area contributed by atoms with Crippen LogP contribution in [0.4, 0.5) is 0 Å². The molecule has 1 aromatic rings. The Morgan fingerprint density at radius 1 is 1.41 bits per heavy atom. The fraction of sp³-hybridized carbons (Fsp3) is 0.579. The average Bonchev–Trinajstić information content (AvgIpc) is 2.72. The van der Waals surface area contributed by atoms with E-state index in [-0.39, 0.29) is 17.4 Å². The Balaban J connectivity index is 2.19. The summed E-state index contributed by atoms with van der Waals surface area (Å²) >= 11 is 2.55. The van der Waals surface area contributed by atoms with Crippen LogP contribution in [0.2, 0.25) is 0 Å². The first-order valence-electron chi connectivity index (χ1n) is 8.15. The van der Waals surface area contributed by atoms with Crippen molar-refractivity contribution in [2.24, 2.45) is 11.3 Å². The number of rotatable bonds is 4. The molecule has 120 valence electrons. The standard InChI is InChI=1S/C19H25IO2/c1-13-11-17(20)19(8-4-10-21)16-6-5-15(22-3)12-14(16)7-9-18(13,19)2/h5-6,11-13,21H,4,7-10H2,1-3H3/t13-,18+,19-/m1/s1. The zero-order chi connectivity index (χ0) is 16.0. The van der Waals surface area contributed by atoms with Crippen LogP contribution in [0.5, 0.6) is 5.75 Å². The van der Waals surface area contributed by atoms with Crippen LogP contribution in [0.25, 0.3) is 0 Å². The van der Waals surface area contributed by atoms with Gasteiger partial charge in [-0.1, -0.05) is 26.0 Å². The topological polar surface area (TPSA) is 29.5 Å². The summed E-state index contributed by atoms with van der Waals surface area (Å²) in [6, 6.07) is 6.58. The van der Waals surface area contributed by atoms with Gasteiger partial charge in [0.15, 0.2) is 0 Å². The number of aryl methyl sites for hydroxylation is 1. The predicted octanol–water partition coefficient (Wildman–Crippen LogP) is 4.63. The molecular formula is C19H25IO2. The third-order valence-electron chi connectivity index (χ3n) is 6.18. The molecule has 2 aliphatic carbocycles. The third kappa shape index (κ3) is 2.08. The summed E-state index contributed by atoms with van der Waals surface area (Å²) in [7, 11) is 1.73. The summed E-state index contributed by atoms with van der Waals surface area (Å²) in [5.74, 6) is 1.53. The summed E-state index contributed by atoms with van der Waals surface area (Å²) in [4.78, 5) is 0. The Kier molecular flexibility index (Phi) is 4.32. The lowest BCUT2D eigenvalue weighted by Gasteiger charge is -2.52. The van der Waals surface area contributed by atoms with Crippen LogP contribution in [0.3, 0.4) is 0 Å². The molecule has 2 aliphatic rings. The number of ether oxygens (including phenoxy) is 1. The number of halogens is 1. The number of hydrogen-bond donors (Lipinski definition) is 1. The van der Waals surface area contributed by atoms with Gasteiger partial charge in [0.1, 0.15) is 5.75 Å². The van der Waals surface area contributed by atoms with Crippen molar-refractivity contribution in [2.45, 2.75) is 44.9 Å². The summed E-state index contributed by atoms with van der Waals surface area (Å²) < 4.78 is 6.88. The van der Waals surface area contributed by atoms with E-state index in [1.54, 1.807) is 7.11 Å². The quantitative estimate of drug-likeness (QED) is 0.731. The van der Waals surface area contributed by atoms with E-state index in [0.717, 1.165) is 25.0 Å². The van der Waals surface area contributed by atoms with E-state index in [9.17, 15) is 5.11 Å². The Morgan fingerprint density at radius 3 is 2.86 bits per heavy atom. The predicted molar refractivity (Wildman–Crippen MR) is 98.7 cm³/mol. The third-order valence-corrected chi connectivity index (χ3v) is 7.46. The van der Waals surface area contributed by atoms with E-state index in [2.05, 4.69) is 60.7 Å². The van der Waals surface area contributed by atoms with Gasteiger partial charge in [-0.25, -0.2) is 0 Å². The molecule has 0 amide bonds. The zero-order valence-electron chi connectivity index (χ0n) is 13.7. The fourth-order valence-electron chi connectivity index (χ4n) is 4.68. The molecule has 2 nitrogen and oxygen atoms in total. The highest BCUT2D eigenvalue weighted by molar-refractivity contribution is 14.1. The second-order valence-corrected chi connectivity index (χ2v) is 8.14. The first-order valence-corrected chi connectivity index (χ1v) is 9.23. The minimum atomic E-state index is 0.0650. The lowest BCUT2D eigenvalue weighted by atomic mass is 9.52. The minimum Gasteiger partial charge on any atom is -0.497 e. The molecule has 22 heavy (non-hydrogen) atoms. The molecular weight excluding hydrogens is 387 g/mol. The summed E-state index contributed by atoms with van der Waals surface area (Å²) in [5.41, 5.74) is 3.20. The van der Waals surface area contributed by atoms with Crippen molar-refractivity contribution < 1.29 is 9.84 Å². The lowest BCUT2D eigenvalue weighted by molar-refractivity contribution is 0.104. The van der Waals surface area contributed by atoms with E-state index in [0.29, 0.717) is 5.92 Å². The van der Waals surface area contributed by atoms with Crippen molar-refractivity contribution in [1.82, 2.24) is 0 Å². The highest BCUT2D eigenvalue weighted by atomic mass is 127. The number of aliphatic hydroxyl groups is 1. The van der Waals surface area contributed by atoms with Crippen LogP contribution in [-0.4, -0.2) is 18.8 Å². The minimum absolute atomic E-state index is 0.0650. The van der Waals surface area contributed by atoms with Crippen molar-refractivity contribution in [2.75, 3.05) is 13.7 Å². The SMILES string of the molecule is COc1ccc2c(c1)CC[C@@]1(C)[C@H](C)C=C(I)[C@@]21CCCO. The van der Waals surface area contributed by atoms with Gasteiger partial charge in [-0.15, -0.1) is 0 Å². The Morgan fingerprint density at radius 2 is 2.18 bits per heavy atom. The van der Waals surface area contributed by atoms with Crippen molar-refractivity contribution in [3.8, 4) is 5.75 Å². The van der Waals surface area contributed by atoms with Gasteiger partial charge in [0.25, 0.3) is 0 Å². The van der Waals surface area contributed by atoms with E-state index < -0.39 is 0 Å². The monoisotopic (exact) mass is 412 g/mol. The van der Waals surface area contributed by atoms with Gasteiger partial charge >= 0.3 is 0 Å². The normalized spacial score (nSPS) is 33.1. The van der Waals surface area contributed by atoms with Gasteiger partial charge < -0.3 is 9.84 Å². The first-order chi connectivity index (χ1) is 10.5. The fourth-order valence-corrected chi connectivity index (χ4v) is 6.40. The molecule has 3 heteroatoms. The maximum absolute atomic E-state index is 9.44. The number of fused-ring (bicyclic) bond motifs is 3. The van der Waals surface area contributed by atoms with E-state index in [1.807, 2.05) is 0 Å². The smallest absolute Gasteiger partial charge is 0.119 e. The Bertz CT molecular complexity index is 609. The molecule has 3 rings (SSSR count). The molecule has 0 heterocycles. The molecule has 0 bridgehead atoms. The average molecular weight is 412 g/mol.